The van der Waals surface area contributed by atoms with Crippen LogP contribution in [0.3, 0.4) is 0 Å². The van der Waals surface area contributed by atoms with Crippen molar-refractivity contribution in [1.29, 1.82) is 0 Å². The van der Waals surface area contributed by atoms with Crippen LogP contribution >= 0.6 is 12.0 Å². The number of carbonyl (C=O) groups is 8. The average molecular weight is 1200 g/mol. The first-order chi connectivity index (χ1) is 39.1. The minimum Gasteiger partial charge on any atom is -0.481 e. The molecule has 2 amide bonds. The number of aliphatic carboxylic acids is 6. The second-order valence-electron chi connectivity index (χ2n) is 22.2. The first-order valence-corrected chi connectivity index (χ1v) is 30.1. The summed E-state index contributed by atoms with van der Waals surface area (Å²) in [6, 6.07) is 8.75. The highest BCUT2D eigenvalue weighted by Crippen LogP contribution is 2.50. The van der Waals surface area contributed by atoms with Gasteiger partial charge < -0.3 is 51.1 Å². The molecule has 0 aromatic heterocycles. The fraction of sp³-hybridized carbons (Fsp3) is 0.579. The first-order valence-electron chi connectivity index (χ1n) is 27.9. The number of hydrogen-bond donors (Lipinski definition) is 10. The Morgan fingerprint density at radius 1 is 0.675 bits per heavy atom. The van der Waals surface area contributed by atoms with E-state index in [0.29, 0.717) is 82.3 Å². The molecule has 0 radical (unpaired) electrons. The third-order valence-corrected chi connectivity index (χ3v) is 16.8. The topological polar surface area (TPSA) is 376 Å². The molecule has 0 spiro atoms. The van der Waals surface area contributed by atoms with Crippen molar-refractivity contribution in [3.8, 4) is 0 Å². The Balaban J connectivity index is 1.39. The number of benzene rings is 2. The van der Waals surface area contributed by atoms with Crippen LogP contribution in [-0.2, 0) is 63.6 Å². The van der Waals surface area contributed by atoms with Crippen molar-refractivity contribution in [2.75, 3.05) is 49.1 Å². The van der Waals surface area contributed by atoms with Gasteiger partial charge in [-0.2, -0.15) is 12.8 Å². The van der Waals surface area contributed by atoms with Crippen LogP contribution in [0.25, 0.3) is 0 Å². The maximum absolute atomic E-state index is 12.8. The van der Waals surface area contributed by atoms with Crippen LogP contribution in [0.5, 0.6) is 0 Å². The summed E-state index contributed by atoms with van der Waals surface area (Å²) in [7, 11) is -4.52. The van der Waals surface area contributed by atoms with Gasteiger partial charge in [0.15, 0.2) is 0 Å². The summed E-state index contributed by atoms with van der Waals surface area (Å²) in [6.07, 6.45) is 11.3. The number of allylic oxidation sites excluding steroid dienone is 3. The number of anilines is 2. The molecule has 4 rings (SSSR count). The van der Waals surface area contributed by atoms with E-state index in [1.54, 1.807) is 6.07 Å². The lowest BCUT2D eigenvalue weighted by Gasteiger charge is -2.32. The van der Waals surface area contributed by atoms with Crippen LogP contribution in [-0.4, -0.2) is 153 Å². The molecule has 2 heterocycles. The maximum atomic E-state index is 12.8. The van der Waals surface area contributed by atoms with Crippen LogP contribution in [0.2, 0.25) is 0 Å². The Kier molecular flexibility index (Phi) is 27.0. The summed E-state index contributed by atoms with van der Waals surface area (Å²) in [5, 5.41) is 71.0. The van der Waals surface area contributed by atoms with E-state index in [0.717, 1.165) is 51.6 Å². The molecule has 2 aromatic rings. The van der Waals surface area contributed by atoms with E-state index in [9.17, 15) is 71.9 Å². The van der Waals surface area contributed by atoms with Crippen LogP contribution in [0.15, 0.2) is 70.1 Å². The van der Waals surface area contributed by atoms with E-state index in [1.165, 1.54) is 12.1 Å². The molecule has 10 N–H and O–H groups in total. The number of rotatable bonds is 40. The lowest BCUT2D eigenvalue weighted by Crippen LogP contribution is -2.46. The number of nitrogens with one attached hydrogen (secondary N) is 2. The van der Waals surface area contributed by atoms with E-state index in [-0.39, 0.29) is 67.8 Å². The van der Waals surface area contributed by atoms with E-state index in [2.05, 4.69) is 50.8 Å². The van der Waals surface area contributed by atoms with Gasteiger partial charge in [-0.3, -0.25) is 47.8 Å². The van der Waals surface area contributed by atoms with E-state index >= 15 is 0 Å². The lowest BCUT2D eigenvalue weighted by atomic mass is 9.80. The summed E-state index contributed by atoms with van der Waals surface area (Å²) in [4.78, 5) is 100. The molecule has 0 bridgehead atoms. The fourth-order valence-electron chi connectivity index (χ4n) is 11.2. The van der Waals surface area contributed by atoms with Gasteiger partial charge in [0.25, 0.3) is 10.1 Å². The van der Waals surface area contributed by atoms with Gasteiger partial charge in [-0.25, -0.2) is 5.26 Å². The van der Waals surface area contributed by atoms with Gasteiger partial charge in [0.05, 0.1) is 42.0 Å². The molecule has 24 nitrogen and oxygen atoms in total. The average Bonchev–Trinajstić information content (AvgIpc) is 2.73. The minimum atomic E-state index is -4.52. The molecular weight excluding hydrogens is 1120 g/mol. The molecule has 0 saturated heterocycles. The highest BCUT2D eigenvalue weighted by Gasteiger charge is 2.44. The molecule has 4 unspecified atom stereocenters. The van der Waals surface area contributed by atoms with E-state index < -0.39 is 94.2 Å². The second-order valence-corrected chi connectivity index (χ2v) is 24.4. The fourth-order valence-corrected chi connectivity index (χ4v) is 12.1. The van der Waals surface area contributed by atoms with Crippen molar-refractivity contribution in [3.63, 3.8) is 0 Å². The molecular formula is C57H81N5O19S2. The largest absolute Gasteiger partial charge is 0.481 e. The lowest BCUT2D eigenvalue weighted by molar-refractivity contribution is -0.150. The molecule has 0 saturated carbocycles. The number of amides is 2. The standard InChI is InChI=1S/C57H81N5O19S2/c1-56(2)41-33-38(82-81-77)23-25-43(41)61(30-13-5-7-20-48(63)58-28-11-9-16-40(54(73)74)37(32-51(67)68)22-27-50(65)66)46(56)18-15-19-47-57(3,4)42-34-39(83(78,79)80)24-26-44(42)62(47)31-14-6-8-21-49(64)59-29-12-10-17-45(55(75)76)60(35-52(69)70)36-53(71)72/h15,18-19,23-26,33-34,37,40,45,47,77H,5-14,16-17,20-22,27-32,35-36H2,1-4H3,(H,58,63)(H,59,64)(H,65,66)(H,67,68)(H,69,70)(H,71,72)(H,73,74)(H,75,76)(H,78,79,80)/b19-15+,46-18+. The van der Waals surface area contributed by atoms with Crippen LogP contribution < -0.4 is 20.4 Å². The quantitative estimate of drug-likeness (QED) is 0.0102. The molecule has 460 valence electrons. The Morgan fingerprint density at radius 2 is 1.27 bits per heavy atom. The van der Waals surface area contributed by atoms with Crippen LogP contribution in [0.1, 0.15) is 148 Å². The van der Waals surface area contributed by atoms with Gasteiger partial charge in [0.1, 0.15) is 6.04 Å². The van der Waals surface area contributed by atoms with Gasteiger partial charge in [0, 0.05) is 84.7 Å². The molecule has 0 aliphatic carbocycles. The number of hydrogen-bond acceptors (Lipinski definition) is 16. The number of carboxylic acid groups (broad SMARTS) is 6. The molecule has 0 fully saturated rings. The third kappa shape index (κ3) is 20.9. The Bertz CT molecular complexity index is 2770. The van der Waals surface area contributed by atoms with Crippen LogP contribution in [0.4, 0.5) is 11.4 Å². The number of fused-ring (bicyclic) bond motifs is 2. The predicted octanol–water partition coefficient (Wildman–Crippen LogP) is 7.41. The summed E-state index contributed by atoms with van der Waals surface area (Å²) < 4.78 is 39.1. The molecule has 26 heteroatoms. The van der Waals surface area contributed by atoms with Gasteiger partial charge in [-0.1, -0.05) is 59.1 Å². The van der Waals surface area contributed by atoms with Gasteiger partial charge in [-0.15, -0.1) is 0 Å². The molecule has 2 aliphatic rings. The summed E-state index contributed by atoms with van der Waals surface area (Å²) in [5.41, 5.74) is 3.27. The monoisotopic (exact) mass is 1200 g/mol. The molecule has 83 heavy (non-hydrogen) atoms. The zero-order chi connectivity index (χ0) is 61.7. The van der Waals surface area contributed by atoms with Gasteiger partial charge in [-0.05, 0) is 124 Å². The minimum absolute atomic E-state index is 0.00957. The summed E-state index contributed by atoms with van der Waals surface area (Å²) in [5.74, 6) is -9.79. The Labute approximate surface area is 488 Å². The number of carbonyl (C=O) groups excluding carboxylic acids is 2. The van der Waals surface area contributed by atoms with Crippen LogP contribution in [0, 0.1) is 11.8 Å². The van der Waals surface area contributed by atoms with Crippen molar-refractivity contribution in [2.24, 2.45) is 11.8 Å². The predicted molar refractivity (Wildman–Crippen MR) is 307 cm³/mol. The molecule has 2 aromatic carbocycles. The van der Waals surface area contributed by atoms with Crippen molar-refractivity contribution in [2.45, 2.75) is 170 Å². The highest BCUT2D eigenvalue weighted by molar-refractivity contribution is 7.94. The SMILES string of the molecule is CC1(C)/C(=C\C=C\C2N(CCCCCC(=O)NCCCCC(C(=O)O)N(CC(=O)O)CC(=O)O)c3ccc(S(=O)(=O)O)cc3C2(C)C)N(CCCCCC(=O)NCCCCC(C(=O)O)C(CCC(=O)O)CC(=O)O)c2ccc(SOO)cc21. The Morgan fingerprint density at radius 3 is 1.81 bits per heavy atom. The van der Waals surface area contributed by atoms with Gasteiger partial charge in [0.2, 0.25) is 11.8 Å². The number of unbranched alkanes of at least 4 members (excludes halogenated alkanes) is 6. The number of carboxylic acids is 6. The first kappa shape index (κ1) is 68.9. The smallest absolute Gasteiger partial charge is 0.320 e. The maximum Gasteiger partial charge on any atom is 0.320 e. The van der Waals surface area contributed by atoms with Crippen molar-refractivity contribution in [3.05, 3.63) is 71.5 Å². The molecule has 2 aliphatic heterocycles. The number of nitrogens with zero attached hydrogens (tertiary/aromatic N) is 3. The van der Waals surface area contributed by atoms with E-state index in [4.69, 9.17) is 15.3 Å². The molecule has 4 atom stereocenters. The van der Waals surface area contributed by atoms with Gasteiger partial charge >= 0.3 is 35.8 Å². The zero-order valence-corrected chi connectivity index (χ0v) is 49.1. The van der Waals surface area contributed by atoms with E-state index in [1.807, 2.05) is 38.1 Å². The Hall–Kier alpha value is -6.58. The summed E-state index contributed by atoms with van der Waals surface area (Å²) >= 11 is 0.822. The van der Waals surface area contributed by atoms with Crippen molar-refractivity contribution >= 4 is 81.2 Å². The third-order valence-electron chi connectivity index (χ3n) is 15.4. The zero-order valence-electron chi connectivity index (χ0n) is 47.5. The normalized spacial score (nSPS) is 16.8. The van der Waals surface area contributed by atoms with Crippen molar-refractivity contribution < 1.29 is 91.6 Å². The van der Waals surface area contributed by atoms with Crippen molar-refractivity contribution in [1.82, 2.24) is 15.5 Å². The second kappa shape index (κ2) is 32.5. The highest BCUT2D eigenvalue weighted by atomic mass is 32.2. The summed E-state index contributed by atoms with van der Waals surface area (Å²) in [6.45, 7) is 8.39.